The van der Waals surface area contributed by atoms with Gasteiger partial charge in [0.15, 0.2) is 0 Å². The summed E-state index contributed by atoms with van der Waals surface area (Å²) < 4.78 is 2.08. The second-order valence-corrected chi connectivity index (χ2v) is 9.86. The van der Waals surface area contributed by atoms with Gasteiger partial charge in [-0.1, -0.05) is 56.2 Å². The van der Waals surface area contributed by atoms with Crippen molar-refractivity contribution in [1.82, 2.24) is 4.90 Å². The lowest BCUT2D eigenvalue weighted by atomic mass is 9.67. The average Bonchev–Trinajstić information content (AvgIpc) is 3.29. The van der Waals surface area contributed by atoms with E-state index >= 15 is 0 Å². The van der Waals surface area contributed by atoms with Gasteiger partial charge in [-0.25, -0.2) is 0 Å². The van der Waals surface area contributed by atoms with Crippen molar-refractivity contribution >= 4 is 31.9 Å². The van der Waals surface area contributed by atoms with Crippen LogP contribution < -0.4 is 0 Å². The zero-order valence-corrected chi connectivity index (χ0v) is 20.4. The number of halogens is 2. The minimum Gasteiger partial charge on any atom is -0.299 e. The van der Waals surface area contributed by atoms with Gasteiger partial charge in [0.25, 0.3) is 0 Å². The van der Waals surface area contributed by atoms with Crippen LogP contribution in [0.4, 0.5) is 0 Å². The van der Waals surface area contributed by atoms with Crippen molar-refractivity contribution in [2.24, 2.45) is 5.92 Å². The van der Waals surface area contributed by atoms with Gasteiger partial charge < -0.3 is 0 Å². The van der Waals surface area contributed by atoms with Crippen molar-refractivity contribution in [3.63, 3.8) is 0 Å². The summed E-state index contributed by atoms with van der Waals surface area (Å²) in [4.78, 5) is 2.49. The highest BCUT2D eigenvalue weighted by Crippen LogP contribution is 2.46. The van der Waals surface area contributed by atoms with Crippen molar-refractivity contribution < 1.29 is 0 Å². The van der Waals surface area contributed by atoms with Crippen LogP contribution in [0.2, 0.25) is 0 Å². The molecule has 1 atom stereocenters. The third-order valence-electron chi connectivity index (χ3n) is 6.43. The second kappa shape index (κ2) is 10.8. The Morgan fingerprint density at radius 1 is 1.07 bits per heavy atom. The molecular formula is C25H30Br2N2. The predicted molar refractivity (Wildman–Crippen MR) is 128 cm³/mol. The summed E-state index contributed by atoms with van der Waals surface area (Å²) in [7, 11) is 0. The Balaban J connectivity index is 1.74. The van der Waals surface area contributed by atoms with Gasteiger partial charge in [0.1, 0.15) is 0 Å². The molecule has 1 aliphatic rings. The molecule has 0 bridgehead atoms. The summed E-state index contributed by atoms with van der Waals surface area (Å²) in [6, 6.07) is 19.9. The summed E-state index contributed by atoms with van der Waals surface area (Å²) in [5.41, 5.74) is 2.15. The third-order valence-corrected chi connectivity index (χ3v) is 8.31. The number of benzene rings is 2. The molecule has 0 aliphatic heterocycles. The first-order valence-electron chi connectivity index (χ1n) is 10.7. The van der Waals surface area contributed by atoms with Gasteiger partial charge in [-0.15, -0.1) is 0 Å². The van der Waals surface area contributed by atoms with Gasteiger partial charge in [0.2, 0.25) is 0 Å². The fraction of sp³-hybridized carbons (Fsp3) is 0.480. The largest absolute Gasteiger partial charge is 0.299 e. The number of nitriles is 1. The van der Waals surface area contributed by atoms with Crippen molar-refractivity contribution in [1.29, 1.82) is 5.26 Å². The molecule has 0 amide bonds. The molecule has 1 saturated carbocycles. The summed E-state index contributed by atoms with van der Waals surface area (Å²) in [5.74, 6) is 0.463. The van der Waals surface area contributed by atoms with E-state index in [0.29, 0.717) is 5.92 Å². The number of nitrogens with zero attached hydrogens (tertiary/aromatic N) is 2. The highest BCUT2D eigenvalue weighted by Gasteiger charge is 2.41. The Kier molecular flexibility index (Phi) is 8.35. The molecule has 0 aromatic heterocycles. The summed E-state index contributed by atoms with van der Waals surface area (Å²) >= 11 is 7.23. The summed E-state index contributed by atoms with van der Waals surface area (Å²) in [5, 5.41) is 10.4. The molecule has 2 nitrogen and oxygen atoms in total. The molecule has 0 saturated heterocycles. The first kappa shape index (κ1) is 22.5. The van der Waals surface area contributed by atoms with Crippen LogP contribution in [0.15, 0.2) is 57.5 Å². The molecule has 0 heterocycles. The molecule has 3 rings (SSSR count). The van der Waals surface area contributed by atoms with E-state index in [-0.39, 0.29) is 5.41 Å². The Morgan fingerprint density at radius 2 is 1.79 bits per heavy atom. The maximum Gasteiger partial charge on any atom is 0.0851 e. The first-order chi connectivity index (χ1) is 14.1. The quantitative estimate of drug-likeness (QED) is 0.345. The third kappa shape index (κ3) is 5.51. The number of hydrogen-bond donors (Lipinski definition) is 0. The van der Waals surface area contributed by atoms with E-state index in [1.54, 1.807) is 0 Å². The molecule has 29 heavy (non-hydrogen) atoms. The molecule has 2 aromatic rings. The van der Waals surface area contributed by atoms with E-state index in [9.17, 15) is 5.26 Å². The maximum absolute atomic E-state index is 10.4. The van der Waals surface area contributed by atoms with Crippen molar-refractivity contribution in [3.8, 4) is 6.07 Å². The number of rotatable bonds is 9. The predicted octanol–water partition coefficient (Wildman–Crippen LogP) is 7.47. The molecule has 0 spiro atoms. The molecule has 0 N–H and O–H groups in total. The van der Waals surface area contributed by atoms with E-state index in [4.69, 9.17) is 0 Å². The Morgan fingerprint density at radius 3 is 2.41 bits per heavy atom. The molecule has 4 heteroatoms. The van der Waals surface area contributed by atoms with E-state index in [1.807, 2.05) is 0 Å². The minimum absolute atomic E-state index is 0.383. The zero-order valence-electron chi connectivity index (χ0n) is 17.2. The lowest BCUT2D eigenvalue weighted by molar-refractivity contribution is 0.247. The Bertz CT molecular complexity index is 824. The van der Waals surface area contributed by atoms with Crippen LogP contribution >= 0.6 is 31.9 Å². The van der Waals surface area contributed by atoms with Crippen LogP contribution in [0.5, 0.6) is 0 Å². The van der Waals surface area contributed by atoms with Gasteiger partial charge in [0, 0.05) is 15.5 Å². The van der Waals surface area contributed by atoms with E-state index in [0.717, 1.165) is 41.4 Å². The summed E-state index contributed by atoms with van der Waals surface area (Å²) in [6.07, 6.45) is 6.80. The van der Waals surface area contributed by atoms with E-state index < -0.39 is 0 Å². The van der Waals surface area contributed by atoms with Gasteiger partial charge in [-0.2, -0.15) is 5.26 Å². The molecular weight excluding hydrogens is 488 g/mol. The standard InChI is InChI=1S/C25H30Br2N2/c1-2-29(18-20-9-4-3-5-10-20)16-8-15-25(19-28,21-11-6-7-12-21)22-13-14-23(26)24(27)17-22/h3-5,9-10,13-14,17,21H,2,6-8,11-12,15-16,18H2,1H3. The Hall–Kier alpha value is -1.15. The van der Waals surface area contributed by atoms with Crippen molar-refractivity contribution in [2.45, 2.75) is 57.4 Å². The first-order valence-corrected chi connectivity index (χ1v) is 12.3. The highest BCUT2D eigenvalue weighted by atomic mass is 79.9. The van der Waals surface area contributed by atoms with Crippen LogP contribution in [0.3, 0.4) is 0 Å². The summed E-state index contributed by atoms with van der Waals surface area (Å²) in [6.45, 7) is 5.26. The Labute approximate surface area is 192 Å². The second-order valence-electron chi connectivity index (χ2n) is 8.15. The monoisotopic (exact) mass is 516 g/mol. The SMILES string of the molecule is CCN(CCCC(C#N)(c1ccc(Br)c(Br)c1)C1CCCC1)Cc1ccccc1. The van der Waals surface area contributed by atoms with Crippen molar-refractivity contribution in [2.75, 3.05) is 13.1 Å². The van der Waals surface area contributed by atoms with Gasteiger partial charge in [-0.3, -0.25) is 4.90 Å². The molecule has 154 valence electrons. The molecule has 1 fully saturated rings. The van der Waals surface area contributed by atoms with Crippen LogP contribution in [0, 0.1) is 17.2 Å². The van der Waals surface area contributed by atoms with E-state index in [1.165, 1.54) is 36.8 Å². The van der Waals surface area contributed by atoms with Gasteiger partial charge in [0.05, 0.1) is 11.5 Å². The zero-order chi connectivity index (χ0) is 20.7. The molecule has 1 aliphatic carbocycles. The maximum atomic E-state index is 10.4. The van der Waals surface area contributed by atoms with Gasteiger partial charge in [-0.05, 0) is 99.8 Å². The average molecular weight is 518 g/mol. The fourth-order valence-electron chi connectivity index (χ4n) is 4.76. The topological polar surface area (TPSA) is 27.0 Å². The van der Waals surface area contributed by atoms with Crippen LogP contribution in [-0.2, 0) is 12.0 Å². The highest BCUT2D eigenvalue weighted by molar-refractivity contribution is 9.13. The lowest BCUT2D eigenvalue weighted by Gasteiger charge is -2.34. The fourth-order valence-corrected chi connectivity index (χ4v) is 5.39. The number of hydrogen-bond acceptors (Lipinski definition) is 2. The van der Waals surface area contributed by atoms with Crippen molar-refractivity contribution in [3.05, 3.63) is 68.6 Å². The van der Waals surface area contributed by atoms with Crippen LogP contribution in [-0.4, -0.2) is 18.0 Å². The van der Waals surface area contributed by atoms with Crippen LogP contribution in [0.25, 0.3) is 0 Å². The molecule has 0 radical (unpaired) electrons. The molecule has 2 aromatic carbocycles. The van der Waals surface area contributed by atoms with Crippen LogP contribution in [0.1, 0.15) is 56.6 Å². The van der Waals surface area contributed by atoms with E-state index in [2.05, 4.69) is 98.3 Å². The normalized spacial score (nSPS) is 16.7. The smallest absolute Gasteiger partial charge is 0.0851 e. The van der Waals surface area contributed by atoms with Gasteiger partial charge >= 0.3 is 0 Å². The molecule has 1 unspecified atom stereocenters. The minimum atomic E-state index is -0.383. The lowest BCUT2D eigenvalue weighted by Crippen LogP contribution is -2.34.